The van der Waals surface area contributed by atoms with E-state index in [9.17, 15) is 4.79 Å². The normalized spacial score (nSPS) is 18.0. The average Bonchev–Trinajstić information content (AvgIpc) is 3.46. The molecule has 1 fully saturated rings. The van der Waals surface area contributed by atoms with Crippen LogP contribution in [0.5, 0.6) is 5.75 Å². The second-order valence-corrected chi connectivity index (χ2v) is 9.20. The van der Waals surface area contributed by atoms with Gasteiger partial charge in [0.05, 0.1) is 6.10 Å². The van der Waals surface area contributed by atoms with E-state index in [1.54, 1.807) is 12.4 Å². The van der Waals surface area contributed by atoms with Gasteiger partial charge in [-0.3, -0.25) is 9.69 Å². The smallest absolute Gasteiger partial charge is 0.258 e. The average molecular weight is 485 g/mol. The summed E-state index contributed by atoms with van der Waals surface area (Å²) in [6.07, 6.45) is 8.94. The molecule has 1 aromatic heterocycles. The second-order valence-electron chi connectivity index (χ2n) is 9.20. The predicted octanol–water partition coefficient (Wildman–Crippen LogP) is 4.11. The Morgan fingerprint density at radius 1 is 1.08 bits per heavy atom. The number of nitrogens with zero attached hydrogens (tertiary/aromatic N) is 3. The monoisotopic (exact) mass is 484 g/mol. The number of benzene rings is 2. The molecule has 186 valence electrons. The van der Waals surface area contributed by atoms with Gasteiger partial charge in [-0.2, -0.15) is 0 Å². The SMILES string of the molecule is O=C(COc1ccc(-c2ncccn2)cc1CN1CC=C(c2ccccc2)CC1)NC[C@H]1CCCO1. The first kappa shape index (κ1) is 24.2. The van der Waals surface area contributed by atoms with Crippen molar-refractivity contribution in [3.05, 3.63) is 84.2 Å². The van der Waals surface area contributed by atoms with Crippen molar-refractivity contribution in [3.63, 3.8) is 0 Å². The van der Waals surface area contributed by atoms with Gasteiger partial charge in [0.15, 0.2) is 12.4 Å². The lowest BCUT2D eigenvalue weighted by atomic mass is 9.99. The first-order chi connectivity index (χ1) is 17.7. The van der Waals surface area contributed by atoms with Crippen molar-refractivity contribution in [2.24, 2.45) is 0 Å². The van der Waals surface area contributed by atoms with Crippen LogP contribution in [0, 0.1) is 0 Å². The molecule has 2 aliphatic heterocycles. The van der Waals surface area contributed by atoms with Crippen LogP contribution in [0.4, 0.5) is 0 Å². The predicted molar refractivity (Wildman–Crippen MR) is 139 cm³/mol. The van der Waals surface area contributed by atoms with Crippen LogP contribution in [0.25, 0.3) is 17.0 Å². The third-order valence-corrected chi connectivity index (χ3v) is 6.63. The second kappa shape index (κ2) is 11.9. The van der Waals surface area contributed by atoms with Gasteiger partial charge in [-0.1, -0.05) is 36.4 Å². The number of hydrogen-bond acceptors (Lipinski definition) is 6. The standard InChI is InChI=1S/C29H32N4O3/c34-28(32-19-26-8-4-17-35-26)21-36-27-10-9-24(29-30-13-5-14-31-29)18-25(27)20-33-15-11-23(12-16-33)22-6-2-1-3-7-22/h1-3,5-7,9-11,13-14,18,26H,4,8,12,15-17,19-21H2,(H,32,34)/t26-/m1/s1. The van der Waals surface area contributed by atoms with Gasteiger partial charge in [0.2, 0.25) is 0 Å². The highest BCUT2D eigenvalue weighted by Crippen LogP contribution is 2.28. The van der Waals surface area contributed by atoms with Crippen LogP contribution in [-0.2, 0) is 16.1 Å². The molecule has 1 amide bonds. The maximum Gasteiger partial charge on any atom is 0.258 e. The number of amides is 1. The third-order valence-electron chi connectivity index (χ3n) is 6.63. The van der Waals surface area contributed by atoms with Crippen LogP contribution in [-0.4, -0.2) is 59.7 Å². The first-order valence-electron chi connectivity index (χ1n) is 12.6. The number of carbonyl (C=O) groups is 1. The van der Waals surface area contributed by atoms with Gasteiger partial charge in [-0.15, -0.1) is 0 Å². The van der Waals surface area contributed by atoms with Crippen LogP contribution in [0.2, 0.25) is 0 Å². The fourth-order valence-electron chi connectivity index (χ4n) is 4.67. The molecule has 2 aliphatic rings. The molecule has 0 aliphatic carbocycles. The molecule has 36 heavy (non-hydrogen) atoms. The summed E-state index contributed by atoms with van der Waals surface area (Å²) in [5.74, 6) is 1.24. The summed E-state index contributed by atoms with van der Waals surface area (Å²) in [7, 11) is 0. The number of nitrogens with one attached hydrogen (secondary N) is 1. The van der Waals surface area contributed by atoms with Crippen LogP contribution in [0.15, 0.2) is 73.1 Å². The van der Waals surface area contributed by atoms with Gasteiger partial charge in [-0.25, -0.2) is 9.97 Å². The Bertz CT molecular complexity index is 1180. The Balaban J connectivity index is 1.27. The molecule has 7 heteroatoms. The minimum Gasteiger partial charge on any atom is -0.483 e. The van der Waals surface area contributed by atoms with E-state index in [0.717, 1.165) is 50.1 Å². The van der Waals surface area contributed by atoms with E-state index in [1.807, 2.05) is 24.3 Å². The van der Waals surface area contributed by atoms with E-state index < -0.39 is 0 Å². The van der Waals surface area contributed by atoms with Crippen LogP contribution in [0.3, 0.4) is 0 Å². The number of ether oxygens (including phenoxy) is 2. The lowest BCUT2D eigenvalue weighted by Crippen LogP contribution is -2.35. The molecule has 0 unspecified atom stereocenters. The molecule has 0 radical (unpaired) electrons. The fraction of sp³-hybridized carbons (Fsp3) is 0.345. The molecular weight excluding hydrogens is 452 g/mol. The van der Waals surface area contributed by atoms with Crippen molar-refractivity contribution in [2.75, 3.05) is 32.8 Å². The number of carbonyl (C=O) groups excluding carboxylic acids is 1. The zero-order chi connectivity index (χ0) is 24.6. The molecule has 3 heterocycles. The lowest BCUT2D eigenvalue weighted by molar-refractivity contribution is -0.123. The van der Waals surface area contributed by atoms with Crippen molar-refractivity contribution in [1.82, 2.24) is 20.2 Å². The number of aromatic nitrogens is 2. The summed E-state index contributed by atoms with van der Waals surface area (Å²) in [4.78, 5) is 23.6. The quantitative estimate of drug-likeness (QED) is 0.493. The topological polar surface area (TPSA) is 76.6 Å². The van der Waals surface area contributed by atoms with Gasteiger partial charge < -0.3 is 14.8 Å². The highest BCUT2D eigenvalue weighted by molar-refractivity contribution is 5.77. The Morgan fingerprint density at radius 2 is 1.94 bits per heavy atom. The number of rotatable bonds is 9. The van der Waals surface area contributed by atoms with E-state index in [4.69, 9.17) is 9.47 Å². The van der Waals surface area contributed by atoms with Crippen molar-refractivity contribution >= 4 is 11.5 Å². The van der Waals surface area contributed by atoms with E-state index in [0.29, 0.717) is 24.7 Å². The highest BCUT2D eigenvalue weighted by atomic mass is 16.5. The summed E-state index contributed by atoms with van der Waals surface area (Å²) in [6, 6.07) is 18.3. The molecule has 0 bridgehead atoms. The first-order valence-corrected chi connectivity index (χ1v) is 12.6. The zero-order valence-electron chi connectivity index (χ0n) is 20.4. The molecule has 1 saturated heterocycles. The number of hydrogen-bond donors (Lipinski definition) is 1. The molecular formula is C29H32N4O3. The van der Waals surface area contributed by atoms with Crippen LogP contribution in [0.1, 0.15) is 30.4 Å². The fourth-order valence-corrected chi connectivity index (χ4v) is 4.67. The van der Waals surface area contributed by atoms with Gasteiger partial charge in [-0.05, 0) is 54.7 Å². The Morgan fingerprint density at radius 3 is 2.69 bits per heavy atom. The summed E-state index contributed by atoms with van der Waals surface area (Å²) in [6.45, 7) is 3.80. The van der Waals surface area contributed by atoms with E-state index >= 15 is 0 Å². The minimum absolute atomic E-state index is 0.0288. The minimum atomic E-state index is -0.139. The Kier molecular flexibility index (Phi) is 8.00. The molecule has 2 aromatic carbocycles. The van der Waals surface area contributed by atoms with E-state index in [-0.39, 0.29) is 18.6 Å². The van der Waals surface area contributed by atoms with Gasteiger partial charge in [0.25, 0.3) is 5.91 Å². The Hall–Kier alpha value is -3.55. The van der Waals surface area contributed by atoms with E-state index in [1.165, 1.54) is 11.1 Å². The molecule has 0 saturated carbocycles. The van der Waals surface area contributed by atoms with E-state index in [2.05, 4.69) is 56.6 Å². The lowest BCUT2D eigenvalue weighted by Gasteiger charge is -2.27. The van der Waals surface area contributed by atoms with Crippen LogP contribution < -0.4 is 10.1 Å². The van der Waals surface area contributed by atoms with Crippen molar-refractivity contribution < 1.29 is 14.3 Å². The molecule has 3 aromatic rings. The highest BCUT2D eigenvalue weighted by Gasteiger charge is 2.18. The zero-order valence-corrected chi connectivity index (χ0v) is 20.4. The summed E-state index contributed by atoms with van der Waals surface area (Å²) in [5.41, 5.74) is 4.62. The molecule has 7 nitrogen and oxygen atoms in total. The van der Waals surface area contributed by atoms with Crippen molar-refractivity contribution in [3.8, 4) is 17.1 Å². The summed E-state index contributed by atoms with van der Waals surface area (Å²) >= 11 is 0. The van der Waals surface area contributed by atoms with Gasteiger partial charge in [0, 0.05) is 56.3 Å². The maximum absolute atomic E-state index is 12.4. The molecule has 1 N–H and O–H groups in total. The molecule has 5 rings (SSSR count). The summed E-state index contributed by atoms with van der Waals surface area (Å²) < 4.78 is 11.6. The van der Waals surface area contributed by atoms with Gasteiger partial charge >= 0.3 is 0 Å². The molecule has 0 spiro atoms. The van der Waals surface area contributed by atoms with Gasteiger partial charge in [0.1, 0.15) is 5.75 Å². The third kappa shape index (κ3) is 6.36. The van der Waals surface area contributed by atoms with Crippen molar-refractivity contribution in [2.45, 2.75) is 31.9 Å². The molecule has 1 atom stereocenters. The summed E-state index contributed by atoms with van der Waals surface area (Å²) in [5, 5.41) is 2.93. The van der Waals surface area contributed by atoms with Crippen LogP contribution >= 0.6 is 0 Å². The Labute approximate surface area is 212 Å². The largest absolute Gasteiger partial charge is 0.483 e. The van der Waals surface area contributed by atoms with Crippen molar-refractivity contribution in [1.29, 1.82) is 0 Å². The maximum atomic E-state index is 12.4.